The molecule has 0 heterocycles. The predicted molar refractivity (Wildman–Crippen MR) is 79.2 cm³/mol. The van der Waals surface area contributed by atoms with E-state index in [-0.39, 0.29) is 29.3 Å². The van der Waals surface area contributed by atoms with Gasteiger partial charge in [0.25, 0.3) is 5.91 Å². The predicted octanol–water partition coefficient (Wildman–Crippen LogP) is 1.05. The molecule has 116 valence electrons. The zero-order chi connectivity index (χ0) is 15.8. The maximum absolute atomic E-state index is 13.0. The highest BCUT2D eigenvalue weighted by Gasteiger charge is 2.15. The van der Waals surface area contributed by atoms with Gasteiger partial charge in [0.2, 0.25) is 5.91 Å². The van der Waals surface area contributed by atoms with Crippen molar-refractivity contribution in [3.63, 3.8) is 0 Å². The summed E-state index contributed by atoms with van der Waals surface area (Å²) < 4.78 is 13.0. The SMILES string of the molecule is CC(N)C(C)C(=O)NCCCNC(=O)c1cccc(F)c1. The standard InChI is InChI=1S/C15H22FN3O2/c1-10(11(2)17)14(20)18-7-4-8-19-15(21)12-5-3-6-13(16)9-12/h3,5-6,9-11H,4,7-8,17H2,1-2H3,(H,18,20)(H,19,21). The molecule has 0 fully saturated rings. The van der Waals surface area contributed by atoms with E-state index in [9.17, 15) is 14.0 Å². The molecular formula is C15H22FN3O2. The summed E-state index contributed by atoms with van der Waals surface area (Å²) in [5, 5.41) is 5.43. The number of benzene rings is 1. The van der Waals surface area contributed by atoms with Crippen LogP contribution in [0.5, 0.6) is 0 Å². The highest BCUT2D eigenvalue weighted by molar-refractivity contribution is 5.94. The van der Waals surface area contributed by atoms with Crippen LogP contribution in [-0.4, -0.2) is 30.9 Å². The van der Waals surface area contributed by atoms with E-state index >= 15 is 0 Å². The molecule has 2 unspecified atom stereocenters. The summed E-state index contributed by atoms with van der Waals surface area (Å²) >= 11 is 0. The minimum atomic E-state index is -0.445. The summed E-state index contributed by atoms with van der Waals surface area (Å²) in [5.41, 5.74) is 5.92. The van der Waals surface area contributed by atoms with Crippen LogP contribution in [0.4, 0.5) is 4.39 Å². The molecule has 0 spiro atoms. The number of nitrogens with two attached hydrogens (primary N) is 1. The number of hydrogen-bond donors (Lipinski definition) is 3. The maximum Gasteiger partial charge on any atom is 0.251 e. The van der Waals surface area contributed by atoms with Crippen molar-refractivity contribution in [3.8, 4) is 0 Å². The second-order valence-corrected chi connectivity index (χ2v) is 5.06. The Labute approximate surface area is 124 Å². The second kappa shape index (κ2) is 8.36. The molecule has 5 nitrogen and oxygen atoms in total. The molecule has 0 saturated heterocycles. The van der Waals surface area contributed by atoms with Crippen LogP contribution >= 0.6 is 0 Å². The van der Waals surface area contributed by atoms with Gasteiger partial charge in [0.15, 0.2) is 0 Å². The van der Waals surface area contributed by atoms with Gasteiger partial charge >= 0.3 is 0 Å². The van der Waals surface area contributed by atoms with Crippen LogP contribution in [0, 0.1) is 11.7 Å². The van der Waals surface area contributed by atoms with Gasteiger partial charge in [-0.05, 0) is 31.5 Å². The van der Waals surface area contributed by atoms with E-state index in [2.05, 4.69) is 10.6 Å². The summed E-state index contributed by atoms with van der Waals surface area (Å²) in [5.74, 6) is -1.11. The normalized spacial score (nSPS) is 13.3. The first kappa shape index (κ1) is 17.1. The molecular weight excluding hydrogens is 273 g/mol. The number of carbonyl (C=O) groups excluding carboxylic acids is 2. The molecule has 21 heavy (non-hydrogen) atoms. The monoisotopic (exact) mass is 295 g/mol. The van der Waals surface area contributed by atoms with E-state index in [0.29, 0.717) is 19.5 Å². The van der Waals surface area contributed by atoms with E-state index in [4.69, 9.17) is 5.73 Å². The number of halogens is 1. The first-order chi connectivity index (χ1) is 9.91. The van der Waals surface area contributed by atoms with Crippen molar-refractivity contribution in [3.05, 3.63) is 35.6 Å². The van der Waals surface area contributed by atoms with Crippen LogP contribution in [0.25, 0.3) is 0 Å². The maximum atomic E-state index is 13.0. The molecule has 0 aliphatic heterocycles. The molecule has 1 rings (SSSR count). The van der Waals surface area contributed by atoms with Crippen molar-refractivity contribution in [1.82, 2.24) is 10.6 Å². The van der Waals surface area contributed by atoms with Gasteiger partial charge in [0.05, 0.1) is 0 Å². The Balaban J connectivity index is 2.23. The van der Waals surface area contributed by atoms with Crippen molar-refractivity contribution in [1.29, 1.82) is 0 Å². The van der Waals surface area contributed by atoms with Gasteiger partial charge in [-0.2, -0.15) is 0 Å². The molecule has 4 N–H and O–H groups in total. The number of hydrogen-bond acceptors (Lipinski definition) is 3. The van der Waals surface area contributed by atoms with Crippen LogP contribution in [0.1, 0.15) is 30.6 Å². The molecule has 0 bridgehead atoms. The Bertz CT molecular complexity index is 492. The first-order valence-electron chi connectivity index (χ1n) is 6.99. The highest BCUT2D eigenvalue weighted by Crippen LogP contribution is 2.03. The fraction of sp³-hybridized carbons (Fsp3) is 0.467. The van der Waals surface area contributed by atoms with E-state index in [0.717, 1.165) is 0 Å². The number of rotatable bonds is 7. The highest BCUT2D eigenvalue weighted by atomic mass is 19.1. The average molecular weight is 295 g/mol. The quantitative estimate of drug-likeness (QED) is 0.657. The lowest BCUT2D eigenvalue weighted by molar-refractivity contribution is -0.124. The molecule has 2 atom stereocenters. The second-order valence-electron chi connectivity index (χ2n) is 5.06. The minimum Gasteiger partial charge on any atom is -0.356 e. The van der Waals surface area contributed by atoms with Crippen molar-refractivity contribution in [2.24, 2.45) is 11.7 Å². The van der Waals surface area contributed by atoms with Gasteiger partial charge in [-0.25, -0.2) is 4.39 Å². The Kier molecular flexibility index (Phi) is 6.81. The van der Waals surface area contributed by atoms with Gasteiger partial charge in [0.1, 0.15) is 5.82 Å². The van der Waals surface area contributed by atoms with Gasteiger partial charge in [-0.3, -0.25) is 9.59 Å². The van der Waals surface area contributed by atoms with Gasteiger partial charge < -0.3 is 16.4 Å². The van der Waals surface area contributed by atoms with Crippen molar-refractivity contribution >= 4 is 11.8 Å². The Hall–Kier alpha value is -1.95. The zero-order valence-electron chi connectivity index (χ0n) is 12.4. The topological polar surface area (TPSA) is 84.2 Å². The van der Waals surface area contributed by atoms with Gasteiger partial charge in [-0.15, -0.1) is 0 Å². The van der Waals surface area contributed by atoms with Crippen LogP contribution < -0.4 is 16.4 Å². The summed E-state index contributed by atoms with van der Waals surface area (Å²) in [6.07, 6.45) is 0.596. The minimum absolute atomic E-state index is 0.0959. The molecule has 1 aromatic rings. The fourth-order valence-corrected chi connectivity index (χ4v) is 1.63. The number of nitrogens with one attached hydrogen (secondary N) is 2. The Morgan fingerprint density at radius 3 is 2.52 bits per heavy atom. The molecule has 0 aliphatic rings. The van der Waals surface area contributed by atoms with Crippen LogP contribution in [-0.2, 0) is 4.79 Å². The summed E-state index contributed by atoms with van der Waals surface area (Å²) in [6, 6.07) is 5.30. The van der Waals surface area contributed by atoms with Gasteiger partial charge in [0, 0.05) is 30.6 Å². The smallest absolute Gasteiger partial charge is 0.251 e. The molecule has 6 heteroatoms. The first-order valence-corrected chi connectivity index (χ1v) is 6.99. The lowest BCUT2D eigenvalue weighted by Gasteiger charge is -2.15. The lowest BCUT2D eigenvalue weighted by atomic mass is 10.0. The zero-order valence-corrected chi connectivity index (χ0v) is 12.4. The van der Waals surface area contributed by atoms with Crippen molar-refractivity contribution < 1.29 is 14.0 Å². The van der Waals surface area contributed by atoms with E-state index in [1.165, 1.54) is 18.2 Å². The average Bonchev–Trinajstić information content (AvgIpc) is 2.45. The number of carbonyl (C=O) groups is 2. The van der Waals surface area contributed by atoms with Crippen molar-refractivity contribution in [2.45, 2.75) is 26.3 Å². The molecule has 2 amide bonds. The van der Waals surface area contributed by atoms with E-state index in [1.807, 2.05) is 0 Å². The molecule has 0 radical (unpaired) electrons. The van der Waals surface area contributed by atoms with Crippen LogP contribution in [0.15, 0.2) is 24.3 Å². The van der Waals surface area contributed by atoms with E-state index in [1.54, 1.807) is 19.9 Å². The summed E-state index contributed by atoms with van der Waals surface area (Å²) in [7, 11) is 0. The lowest BCUT2D eigenvalue weighted by Crippen LogP contribution is -2.39. The van der Waals surface area contributed by atoms with Crippen molar-refractivity contribution in [2.75, 3.05) is 13.1 Å². The third kappa shape index (κ3) is 5.91. The number of amides is 2. The molecule has 1 aromatic carbocycles. The Morgan fingerprint density at radius 2 is 1.90 bits per heavy atom. The van der Waals surface area contributed by atoms with Crippen LogP contribution in [0.2, 0.25) is 0 Å². The Morgan fingerprint density at radius 1 is 1.24 bits per heavy atom. The van der Waals surface area contributed by atoms with Gasteiger partial charge in [-0.1, -0.05) is 13.0 Å². The third-order valence-electron chi connectivity index (χ3n) is 3.23. The van der Waals surface area contributed by atoms with Crippen LogP contribution in [0.3, 0.4) is 0 Å². The van der Waals surface area contributed by atoms with E-state index < -0.39 is 5.82 Å². The molecule has 0 aliphatic carbocycles. The summed E-state index contributed by atoms with van der Waals surface area (Å²) in [6.45, 7) is 4.41. The largest absolute Gasteiger partial charge is 0.356 e. The summed E-state index contributed by atoms with van der Waals surface area (Å²) in [4.78, 5) is 23.3. The fourth-order valence-electron chi connectivity index (χ4n) is 1.63. The molecule has 0 aromatic heterocycles. The third-order valence-corrected chi connectivity index (χ3v) is 3.23. The molecule has 0 saturated carbocycles.